The molecule has 106 valence electrons. The van der Waals surface area contributed by atoms with Crippen LogP contribution in [0.15, 0.2) is 51.5 Å². The van der Waals surface area contributed by atoms with Crippen LogP contribution < -0.4 is 5.32 Å². The van der Waals surface area contributed by atoms with Gasteiger partial charge in [0.1, 0.15) is 11.9 Å². The van der Waals surface area contributed by atoms with E-state index in [-0.39, 0.29) is 0 Å². The Labute approximate surface area is 136 Å². The van der Waals surface area contributed by atoms with E-state index in [1.54, 1.807) is 6.20 Å². The number of aromatic nitrogens is 1. The van der Waals surface area contributed by atoms with Gasteiger partial charge in [0.05, 0.1) is 4.47 Å². The standard InChI is InChI=1S/C7H8.C6H6Br2N2.C2H2O/c1-7-5-3-2-4-6-7;1-9-6-5(8)2-4(7)3-10-6;1-2-3/h2-6H,1H3;2-3H,1H3,(H,9,10);1,3H. The predicted octanol–water partition coefficient (Wildman–Crippen LogP) is 4.59. The molecule has 0 amide bonds. The van der Waals surface area contributed by atoms with Gasteiger partial charge in [-0.1, -0.05) is 42.3 Å². The quantitative estimate of drug-likeness (QED) is 0.689. The molecule has 2 rings (SSSR count). The molecule has 0 unspecified atom stereocenters. The van der Waals surface area contributed by atoms with Gasteiger partial charge in [-0.3, -0.25) is 0 Å². The predicted molar refractivity (Wildman–Crippen MR) is 91.1 cm³/mol. The van der Waals surface area contributed by atoms with Crippen LogP contribution in [-0.4, -0.2) is 17.1 Å². The van der Waals surface area contributed by atoms with Gasteiger partial charge < -0.3 is 10.4 Å². The molecule has 1 aromatic carbocycles. The van der Waals surface area contributed by atoms with Crippen molar-refractivity contribution in [3.8, 4) is 12.5 Å². The van der Waals surface area contributed by atoms with Gasteiger partial charge in [-0.15, -0.1) is 0 Å². The van der Waals surface area contributed by atoms with Gasteiger partial charge in [0.25, 0.3) is 0 Å². The minimum Gasteiger partial charge on any atom is -0.462 e. The van der Waals surface area contributed by atoms with E-state index >= 15 is 0 Å². The number of benzene rings is 1. The number of aliphatic hydroxyl groups excluding tert-OH is 1. The van der Waals surface area contributed by atoms with Gasteiger partial charge in [0.2, 0.25) is 0 Å². The molecule has 0 saturated carbocycles. The summed E-state index contributed by atoms with van der Waals surface area (Å²) in [6.07, 6.45) is 7.15. The second kappa shape index (κ2) is 11.3. The molecule has 0 bridgehead atoms. The Kier molecular flexibility index (Phi) is 10.5. The number of nitrogens with one attached hydrogen (secondary N) is 1. The summed E-state index contributed by atoms with van der Waals surface area (Å²) in [6.45, 7) is 2.08. The first-order valence-electron chi connectivity index (χ1n) is 5.65. The Balaban J connectivity index is 0.000000315. The van der Waals surface area contributed by atoms with Crippen molar-refractivity contribution in [1.82, 2.24) is 4.98 Å². The minimum absolute atomic E-state index is 0.850. The van der Waals surface area contributed by atoms with Crippen LogP contribution in [0.4, 0.5) is 5.82 Å². The van der Waals surface area contributed by atoms with Crippen molar-refractivity contribution in [2.45, 2.75) is 6.92 Å². The van der Waals surface area contributed by atoms with Crippen LogP contribution in [-0.2, 0) is 0 Å². The fourth-order valence-electron chi connectivity index (χ4n) is 1.13. The molecular weight excluding hydrogens is 384 g/mol. The van der Waals surface area contributed by atoms with Gasteiger partial charge in [-0.25, -0.2) is 4.98 Å². The highest BCUT2D eigenvalue weighted by Gasteiger charge is 1.97. The fraction of sp³-hybridized carbons (Fsp3) is 0.133. The molecule has 0 fully saturated rings. The van der Waals surface area contributed by atoms with Crippen LogP contribution >= 0.6 is 31.9 Å². The van der Waals surface area contributed by atoms with Crippen LogP contribution in [0.1, 0.15) is 5.56 Å². The number of rotatable bonds is 1. The third kappa shape index (κ3) is 8.57. The third-order valence-electron chi connectivity index (χ3n) is 1.99. The number of hydrogen-bond donors (Lipinski definition) is 2. The van der Waals surface area contributed by atoms with Crippen LogP contribution in [0, 0.1) is 19.5 Å². The van der Waals surface area contributed by atoms with E-state index in [0.717, 1.165) is 14.8 Å². The van der Waals surface area contributed by atoms with Gasteiger partial charge in [-0.05, 0) is 44.8 Å². The summed E-state index contributed by atoms with van der Waals surface area (Å²) in [5.41, 5.74) is 1.32. The Hall–Kier alpha value is -1.51. The van der Waals surface area contributed by atoms with E-state index in [2.05, 4.69) is 67.6 Å². The van der Waals surface area contributed by atoms with Crippen LogP contribution in [0.25, 0.3) is 0 Å². The summed E-state index contributed by atoms with van der Waals surface area (Å²) < 4.78 is 1.93. The number of aryl methyl sites for hydroxylation is 1. The molecule has 5 heteroatoms. The van der Waals surface area contributed by atoms with Crippen molar-refractivity contribution < 1.29 is 5.11 Å². The van der Waals surface area contributed by atoms with Crippen LogP contribution in [0.5, 0.6) is 0 Å². The molecule has 0 aliphatic carbocycles. The van der Waals surface area contributed by atoms with Crippen molar-refractivity contribution in [2.75, 3.05) is 12.4 Å². The van der Waals surface area contributed by atoms with E-state index < -0.39 is 0 Å². The van der Waals surface area contributed by atoms with Crippen molar-refractivity contribution >= 4 is 37.7 Å². The van der Waals surface area contributed by atoms with Crippen LogP contribution in [0.2, 0.25) is 0 Å². The molecule has 0 atom stereocenters. The molecule has 0 aliphatic rings. The molecule has 0 radical (unpaired) electrons. The number of hydrogen-bond acceptors (Lipinski definition) is 3. The maximum Gasteiger partial charge on any atom is 0.140 e. The number of pyridine rings is 1. The summed E-state index contributed by atoms with van der Waals surface area (Å²) in [4.78, 5) is 4.09. The normalized spacial score (nSPS) is 8.15. The van der Waals surface area contributed by atoms with E-state index in [0.29, 0.717) is 0 Å². The third-order valence-corrected chi connectivity index (χ3v) is 3.02. The maximum atomic E-state index is 7.10. The molecule has 0 aliphatic heterocycles. The first-order chi connectivity index (χ1) is 9.54. The van der Waals surface area contributed by atoms with E-state index in [1.807, 2.05) is 31.3 Å². The Morgan fingerprint density at radius 2 is 1.80 bits per heavy atom. The molecule has 0 saturated heterocycles. The maximum absolute atomic E-state index is 7.10. The second-order valence-electron chi connectivity index (χ2n) is 3.52. The summed E-state index contributed by atoms with van der Waals surface area (Å²) in [5.74, 6) is 0.850. The SMILES string of the molecule is C#CO.CNc1ncc(Br)cc1Br.Cc1ccccc1. The van der Waals surface area contributed by atoms with Gasteiger partial charge in [0, 0.05) is 17.7 Å². The first-order valence-corrected chi connectivity index (χ1v) is 7.23. The van der Waals surface area contributed by atoms with Crippen molar-refractivity contribution in [2.24, 2.45) is 0 Å². The second-order valence-corrected chi connectivity index (χ2v) is 5.29. The van der Waals surface area contributed by atoms with Gasteiger partial charge in [0.15, 0.2) is 0 Å². The smallest absolute Gasteiger partial charge is 0.140 e. The van der Waals surface area contributed by atoms with E-state index in [9.17, 15) is 0 Å². The topological polar surface area (TPSA) is 45.1 Å². The zero-order valence-corrected chi connectivity index (χ0v) is 14.4. The Morgan fingerprint density at radius 3 is 2.15 bits per heavy atom. The lowest BCUT2D eigenvalue weighted by Crippen LogP contribution is -1.92. The molecule has 0 spiro atoms. The molecule has 20 heavy (non-hydrogen) atoms. The lowest BCUT2D eigenvalue weighted by Gasteiger charge is -2.00. The minimum atomic E-state index is 0.850. The summed E-state index contributed by atoms with van der Waals surface area (Å²) in [7, 11) is 1.83. The Morgan fingerprint density at radius 1 is 1.25 bits per heavy atom. The van der Waals surface area contributed by atoms with Crippen LogP contribution in [0.3, 0.4) is 0 Å². The molecule has 2 N–H and O–H groups in total. The summed E-state index contributed by atoms with van der Waals surface area (Å²) in [5, 5.41) is 10.0. The fourth-order valence-corrected chi connectivity index (χ4v) is 2.32. The van der Waals surface area contributed by atoms with Crippen molar-refractivity contribution in [3.63, 3.8) is 0 Å². The highest BCUT2D eigenvalue weighted by atomic mass is 79.9. The number of halogens is 2. The molecule has 1 aromatic heterocycles. The number of nitrogens with zero attached hydrogens (tertiary/aromatic N) is 1. The lowest BCUT2D eigenvalue weighted by atomic mass is 10.2. The Bertz CT molecular complexity index is 539. The molecule has 1 heterocycles. The van der Waals surface area contributed by atoms with Gasteiger partial charge >= 0.3 is 0 Å². The average molecular weight is 400 g/mol. The van der Waals surface area contributed by atoms with E-state index in [4.69, 9.17) is 5.11 Å². The summed E-state index contributed by atoms with van der Waals surface area (Å²) >= 11 is 6.66. The number of terminal acetylenes is 1. The number of aliphatic hydroxyl groups is 1. The zero-order valence-electron chi connectivity index (χ0n) is 11.3. The van der Waals surface area contributed by atoms with Crippen molar-refractivity contribution in [3.05, 3.63) is 57.1 Å². The molecule has 2 aromatic rings. The first kappa shape index (κ1) is 18.5. The highest BCUT2D eigenvalue weighted by Crippen LogP contribution is 2.22. The lowest BCUT2D eigenvalue weighted by molar-refractivity contribution is 0.518. The summed E-state index contributed by atoms with van der Waals surface area (Å²) in [6, 6.07) is 12.2. The largest absolute Gasteiger partial charge is 0.462 e. The van der Waals surface area contributed by atoms with E-state index in [1.165, 1.54) is 11.7 Å². The molecule has 3 nitrogen and oxygen atoms in total. The average Bonchev–Trinajstić information content (AvgIpc) is 2.41. The van der Waals surface area contributed by atoms with Crippen molar-refractivity contribution in [1.29, 1.82) is 0 Å². The number of anilines is 1. The monoisotopic (exact) mass is 398 g/mol. The zero-order chi connectivity index (χ0) is 15.4. The van der Waals surface area contributed by atoms with Gasteiger partial charge in [-0.2, -0.15) is 0 Å². The highest BCUT2D eigenvalue weighted by molar-refractivity contribution is 9.11. The molecular formula is C15H16Br2N2O.